The number of aliphatic imine (C=N–C) groups is 1. The summed E-state index contributed by atoms with van der Waals surface area (Å²) in [6, 6.07) is 8.29. The van der Waals surface area contributed by atoms with Gasteiger partial charge in [-0.15, -0.1) is 0 Å². The lowest BCUT2D eigenvalue weighted by Gasteiger charge is -2.29. The number of rotatable bonds is 7. The van der Waals surface area contributed by atoms with E-state index in [-0.39, 0.29) is 5.41 Å². The normalized spacial score (nSPS) is 16.0. The van der Waals surface area contributed by atoms with Crippen molar-refractivity contribution in [2.75, 3.05) is 27.2 Å². The van der Waals surface area contributed by atoms with Crippen LogP contribution in [0.4, 0.5) is 4.79 Å². The van der Waals surface area contributed by atoms with Crippen molar-refractivity contribution in [3.63, 3.8) is 0 Å². The van der Waals surface area contributed by atoms with Crippen LogP contribution in [0.25, 0.3) is 0 Å². The molecule has 2 rings (SSSR count). The van der Waals surface area contributed by atoms with E-state index < -0.39 is 17.2 Å². The zero-order valence-electron chi connectivity index (χ0n) is 18.8. The Morgan fingerprint density at radius 2 is 1.72 bits per heavy atom. The van der Waals surface area contributed by atoms with Gasteiger partial charge in [0, 0.05) is 25.6 Å². The van der Waals surface area contributed by atoms with Crippen molar-refractivity contribution in [1.82, 2.24) is 16.0 Å². The number of nitrogens with zero attached hydrogens (tertiary/aromatic N) is 1. The molecular formula is C22H36N4O3. The van der Waals surface area contributed by atoms with Crippen molar-refractivity contribution in [1.29, 1.82) is 0 Å². The number of carbonyl (C=O) groups excluding carboxylic acids is 1. The molecule has 7 heteroatoms. The average Bonchev–Trinajstić information content (AvgIpc) is 3.41. The Balaban J connectivity index is 1.85. The number of nitrogens with one attached hydrogen (secondary N) is 3. The number of guanidine groups is 1. The van der Waals surface area contributed by atoms with E-state index in [1.54, 1.807) is 14.2 Å². The molecule has 1 fully saturated rings. The van der Waals surface area contributed by atoms with Crippen molar-refractivity contribution in [3.8, 4) is 5.75 Å². The Kier molecular flexibility index (Phi) is 7.03. The van der Waals surface area contributed by atoms with Crippen LogP contribution in [-0.4, -0.2) is 50.4 Å². The van der Waals surface area contributed by atoms with Crippen LogP contribution in [0.2, 0.25) is 0 Å². The molecule has 0 radical (unpaired) electrons. The van der Waals surface area contributed by atoms with Gasteiger partial charge < -0.3 is 25.4 Å². The lowest BCUT2D eigenvalue weighted by atomic mass is 9.96. The minimum atomic E-state index is -0.523. The van der Waals surface area contributed by atoms with E-state index in [2.05, 4.69) is 33.1 Å². The van der Waals surface area contributed by atoms with Gasteiger partial charge in [0.15, 0.2) is 5.96 Å². The molecule has 0 unspecified atom stereocenters. The first-order valence-electron chi connectivity index (χ1n) is 10.1. The molecule has 7 nitrogen and oxygen atoms in total. The van der Waals surface area contributed by atoms with E-state index in [0.29, 0.717) is 12.5 Å². The number of methoxy groups -OCH3 is 1. The molecule has 0 saturated heterocycles. The van der Waals surface area contributed by atoms with E-state index in [1.807, 2.05) is 46.8 Å². The number of alkyl carbamates (subject to hydrolysis) is 1. The van der Waals surface area contributed by atoms with Gasteiger partial charge in [-0.2, -0.15) is 0 Å². The highest BCUT2D eigenvalue weighted by Crippen LogP contribution is 2.47. The van der Waals surface area contributed by atoms with E-state index >= 15 is 0 Å². The summed E-state index contributed by atoms with van der Waals surface area (Å²) in [5.74, 6) is 1.58. The van der Waals surface area contributed by atoms with Crippen LogP contribution in [0.1, 0.15) is 53.0 Å². The Labute approximate surface area is 174 Å². The topological polar surface area (TPSA) is 84.0 Å². The summed E-state index contributed by atoms with van der Waals surface area (Å²) >= 11 is 0. The number of hydrogen-bond acceptors (Lipinski definition) is 4. The third-order valence-electron chi connectivity index (χ3n) is 4.91. The van der Waals surface area contributed by atoms with Crippen LogP contribution >= 0.6 is 0 Å². The molecule has 0 aromatic heterocycles. The summed E-state index contributed by atoms with van der Waals surface area (Å²) in [7, 11) is 3.43. The molecule has 29 heavy (non-hydrogen) atoms. The highest BCUT2D eigenvalue weighted by atomic mass is 16.6. The van der Waals surface area contributed by atoms with Crippen LogP contribution < -0.4 is 20.7 Å². The highest BCUT2D eigenvalue weighted by Gasteiger charge is 2.44. The SMILES string of the molecule is CN=C(NCC(C)(C)NC(=O)OC(C)(C)C)NCC1(c2ccc(OC)cc2)CC1. The van der Waals surface area contributed by atoms with Gasteiger partial charge in [0.25, 0.3) is 0 Å². The quantitative estimate of drug-likeness (QED) is 0.480. The Morgan fingerprint density at radius 3 is 2.21 bits per heavy atom. The fourth-order valence-corrected chi connectivity index (χ4v) is 3.07. The number of carbonyl (C=O) groups is 1. The molecule has 1 aliphatic carbocycles. The monoisotopic (exact) mass is 404 g/mol. The lowest BCUT2D eigenvalue weighted by molar-refractivity contribution is 0.0474. The largest absolute Gasteiger partial charge is 0.497 e. The van der Waals surface area contributed by atoms with Crippen molar-refractivity contribution in [2.24, 2.45) is 4.99 Å². The van der Waals surface area contributed by atoms with E-state index in [4.69, 9.17) is 9.47 Å². The zero-order valence-corrected chi connectivity index (χ0v) is 18.8. The molecule has 1 aromatic rings. The first-order chi connectivity index (χ1) is 13.5. The standard InChI is InChI=1S/C22H36N4O3/c1-20(2,3)29-19(27)26-21(4,5)14-24-18(23-6)25-15-22(12-13-22)16-8-10-17(28-7)11-9-16/h8-11H,12-15H2,1-7H3,(H,26,27)(H2,23,24,25). The average molecular weight is 405 g/mol. The van der Waals surface area contributed by atoms with Crippen molar-refractivity contribution < 1.29 is 14.3 Å². The Morgan fingerprint density at radius 1 is 1.10 bits per heavy atom. The van der Waals surface area contributed by atoms with Crippen LogP contribution in [-0.2, 0) is 10.2 Å². The van der Waals surface area contributed by atoms with Gasteiger partial charge in [0.05, 0.1) is 12.6 Å². The first-order valence-corrected chi connectivity index (χ1v) is 10.1. The predicted molar refractivity (Wildman–Crippen MR) is 117 cm³/mol. The summed E-state index contributed by atoms with van der Waals surface area (Å²) in [4.78, 5) is 16.4. The maximum Gasteiger partial charge on any atom is 0.408 e. The molecule has 1 aromatic carbocycles. The van der Waals surface area contributed by atoms with Gasteiger partial charge in [0.2, 0.25) is 0 Å². The molecule has 1 saturated carbocycles. The van der Waals surface area contributed by atoms with Crippen LogP contribution in [0.5, 0.6) is 5.75 Å². The molecule has 1 aliphatic rings. The Hall–Kier alpha value is -2.44. The van der Waals surface area contributed by atoms with Crippen LogP contribution in [0.3, 0.4) is 0 Å². The Bertz CT molecular complexity index is 717. The van der Waals surface area contributed by atoms with E-state index in [1.165, 1.54) is 5.56 Å². The number of benzene rings is 1. The van der Waals surface area contributed by atoms with Crippen LogP contribution in [0, 0.1) is 0 Å². The number of hydrogen-bond donors (Lipinski definition) is 3. The second-order valence-electron chi connectivity index (χ2n) is 9.30. The summed E-state index contributed by atoms with van der Waals surface area (Å²) < 4.78 is 10.6. The molecule has 0 spiro atoms. The van der Waals surface area contributed by atoms with Gasteiger partial charge in [-0.25, -0.2) is 4.79 Å². The third-order valence-corrected chi connectivity index (χ3v) is 4.91. The summed E-state index contributed by atoms with van der Waals surface area (Å²) in [6.45, 7) is 10.7. The molecule has 0 aliphatic heterocycles. The molecule has 3 N–H and O–H groups in total. The number of ether oxygens (including phenoxy) is 2. The first kappa shape index (κ1) is 22.8. The van der Waals surface area contributed by atoms with E-state index in [9.17, 15) is 4.79 Å². The molecule has 162 valence electrons. The van der Waals surface area contributed by atoms with Gasteiger partial charge in [-0.05, 0) is 65.2 Å². The minimum absolute atomic E-state index is 0.147. The maximum atomic E-state index is 12.0. The number of amides is 1. The maximum absolute atomic E-state index is 12.0. The molecule has 0 atom stereocenters. The second-order valence-corrected chi connectivity index (χ2v) is 9.30. The van der Waals surface area contributed by atoms with Crippen LogP contribution in [0.15, 0.2) is 29.3 Å². The van der Waals surface area contributed by atoms with Crippen molar-refractivity contribution in [3.05, 3.63) is 29.8 Å². The minimum Gasteiger partial charge on any atom is -0.497 e. The third kappa shape index (κ3) is 7.15. The van der Waals surface area contributed by atoms with Gasteiger partial charge in [-0.3, -0.25) is 4.99 Å². The molecule has 0 heterocycles. The highest BCUT2D eigenvalue weighted by molar-refractivity contribution is 5.80. The smallest absolute Gasteiger partial charge is 0.408 e. The fourth-order valence-electron chi connectivity index (χ4n) is 3.07. The van der Waals surface area contributed by atoms with E-state index in [0.717, 1.165) is 25.1 Å². The van der Waals surface area contributed by atoms with Gasteiger partial charge in [-0.1, -0.05) is 12.1 Å². The summed E-state index contributed by atoms with van der Waals surface area (Å²) in [5.41, 5.74) is 0.445. The molecular weight excluding hydrogens is 368 g/mol. The predicted octanol–water partition coefficient (Wildman–Crippen LogP) is 3.20. The van der Waals surface area contributed by atoms with Crippen molar-refractivity contribution in [2.45, 2.75) is 64.0 Å². The fraction of sp³-hybridized carbons (Fsp3) is 0.636. The second kappa shape index (κ2) is 8.93. The lowest BCUT2D eigenvalue weighted by Crippen LogP contribution is -2.54. The summed E-state index contributed by atoms with van der Waals surface area (Å²) in [6.07, 6.45) is 1.87. The van der Waals surface area contributed by atoms with Crippen molar-refractivity contribution >= 4 is 12.1 Å². The zero-order chi connectivity index (χ0) is 21.7. The summed E-state index contributed by atoms with van der Waals surface area (Å²) in [5, 5.41) is 9.62. The molecule has 1 amide bonds. The molecule has 0 bridgehead atoms. The van der Waals surface area contributed by atoms with Gasteiger partial charge >= 0.3 is 6.09 Å². The van der Waals surface area contributed by atoms with Gasteiger partial charge in [0.1, 0.15) is 11.4 Å².